The summed E-state index contributed by atoms with van der Waals surface area (Å²) in [6.07, 6.45) is 12.1. The lowest BCUT2D eigenvalue weighted by Crippen LogP contribution is -2.36. The highest BCUT2D eigenvalue weighted by molar-refractivity contribution is 6.30. The predicted molar refractivity (Wildman–Crippen MR) is 225 cm³/mol. The van der Waals surface area contributed by atoms with Gasteiger partial charge in [0.15, 0.2) is 5.71 Å². The summed E-state index contributed by atoms with van der Waals surface area (Å²) in [5.74, 6) is 0. The third kappa shape index (κ3) is 6.44. The van der Waals surface area contributed by atoms with Crippen LogP contribution >= 0.6 is 11.6 Å². The van der Waals surface area contributed by atoms with Gasteiger partial charge in [0.2, 0.25) is 5.69 Å². The van der Waals surface area contributed by atoms with Gasteiger partial charge in [0.25, 0.3) is 0 Å². The number of nitrogens with zero attached hydrogens (tertiary/aromatic N) is 2. The normalized spacial score (nSPS) is 18.3. The fraction of sp³-hybridized carbons (Fsp3) is 0.220. The van der Waals surface area contributed by atoms with Crippen molar-refractivity contribution in [3.63, 3.8) is 0 Å². The number of fused-ring (bicyclic) bond motifs is 4. The van der Waals surface area contributed by atoms with Crippen molar-refractivity contribution in [3.05, 3.63) is 202 Å². The summed E-state index contributed by atoms with van der Waals surface area (Å²) < 4.78 is 2.43. The Labute approximate surface area is 320 Å². The Morgan fingerprint density at radius 1 is 0.698 bits per heavy atom. The summed E-state index contributed by atoms with van der Waals surface area (Å²) in [6.45, 7) is 5.68. The van der Waals surface area contributed by atoms with E-state index in [1.54, 1.807) is 0 Å². The molecule has 0 fully saturated rings. The molecule has 8 rings (SSSR count). The van der Waals surface area contributed by atoms with Crippen LogP contribution in [0.4, 0.5) is 11.4 Å². The molecule has 0 spiro atoms. The molecule has 0 aliphatic carbocycles. The van der Waals surface area contributed by atoms with Crippen molar-refractivity contribution in [2.45, 2.75) is 56.8 Å². The van der Waals surface area contributed by atoms with E-state index in [9.17, 15) is 0 Å². The predicted octanol–water partition coefficient (Wildman–Crippen LogP) is 12.2. The van der Waals surface area contributed by atoms with Crippen LogP contribution in [0.1, 0.15) is 54.5 Å². The molecule has 1 unspecified atom stereocenters. The Morgan fingerprint density at radius 2 is 1.30 bits per heavy atom. The maximum absolute atomic E-state index is 6.89. The van der Waals surface area contributed by atoms with Gasteiger partial charge in [-0.25, -0.2) is 0 Å². The molecular formula is C50H48ClN2+. The van der Waals surface area contributed by atoms with E-state index < -0.39 is 0 Å². The highest BCUT2D eigenvalue weighted by Crippen LogP contribution is 2.53. The molecule has 0 N–H and O–H groups in total. The van der Waals surface area contributed by atoms with Crippen molar-refractivity contribution in [3.8, 4) is 0 Å². The number of benzene rings is 6. The Morgan fingerprint density at radius 3 is 1.94 bits per heavy atom. The molecule has 264 valence electrons. The van der Waals surface area contributed by atoms with Gasteiger partial charge in [-0.15, -0.1) is 0 Å². The number of allylic oxidation sites excluding steroid dienone is 4. The number of hydrogen-bond acceptors (Lipinski definition) is 1. The van der Waals surface area contributed by atoms with Gasteiger partial charge in [-0.05, 0) is 96.0 Å². The van der Waals surface area contributed by atoms with Crippen molar-refractivity contribution in [2.75, 3.05) is 18.5 Å². The van der Waals surface area contributed by atoms with Crippen molar-refractivity contribution in [1.29, 1.82) is 0 Å². The third-order valence-electron chi connectivity index (χ3n) is 11.6. The van der Waals surface area contributed by atoms with Crippen LogP contribution in [0.3, 0.4) is 0 Å². The van der Waals surface area contributed by atoms with Crippen LogP contribution in [0, 0.1) is 0 Å². The molecule has 6 aromatic carbocycles. The lowest BCUT2D eigenvalue weighted by Gasteiger charge is -2.35. The summed E-state index contributed by atoms with van der Waals surface area (Å²) >= 11 is 6.89. The Bertz CT molecular complexity index is 2300. The first kappa shape index (κ1) is 34.9. The molecule has 0 radical (unpaired) electrons. The first-order valence-electron chi connectivity index (χ1n) is 19.1. The Hall–Kier alpha value is -5.18. The van der Waals surface area contributed by atoms with Gasteiger partial charge in [0.05, 0.1) is 5.41 Å². The van der Waals surface area contributed by atoms with Gasteiger partial charge >= 0.3 is 0 Å². The van der Waals surface area contributed by atoms with Gasteiger partial charge in [-0.1, -0.05) is 146 Å². The smallest absolute Gasteiger partial charge is 0.210 e. The molecule has 53 heavy (non-hydrogen) atoms. The van der Waals surface area contributed by atoms with E-state index in [2.05, 4.69) is 194 Å². The van der Waals surface area contributed by atoms with Crippen LogP contribution in [-0.4, -0.2) is 23.9 Å². The summed E-state index contributed by atoms with van der Waals surface area (Å²) in [6, 6.07) is 53.0. The molecule has 0 amide bonds. The van der Waals surface area contributed by atoms with Crippen LogP contribution in [0.5, 0.6) is 0 Å². The molecule has 2 aliphatic heterocycles. The quantitative estimate of drug-likeness (QED) is 0.121. The highest BCUT2D eigenvalue weighted by Gasteiger charge is 2.49. The average Bonchev–Trinajstić information content (AvgIpc) is 3.54. The van der Waals surface area contributed by atoms with Crippen molar-refractivity contribution in [2.24, 2.45) is 0 Å². The summed E-state index contributed by atoms with van der Waals surface area (Å²) in [4.78, 5) is 2.60. The van der Waals surface area contributed by atoms with Gasteiger partial charge in [0.1, 0.15) is 7.05 Å². The Kier molecular flexibility index (Phi) is 9.66. The fourth-order valence-electron chi connectivity index (χ4n) is 9.24. The SMILES string of the molecule is CCCCN1C(=CC=CC2=[N+](C)c3ccc4ccccc4c3C2(C)Cc2ccccc2)C(Cc2ccccc2)(Cc2ccccc2)c2cc(Cl)ccc21. The molecule has 6 aromatic rings. The molecular weight excluding hydrogens is 664 g/mol. The van der Waals surface area contributed by atoms with Gasteiger partial charge in [-0.3, -0.25) is 0 Å². The fourth-order valence-corrected chi connectivity index (χ4v) is 9.41. The van der Waals surface area contributed by atoms with Gasteiger partial charge < -0.3 is 4.90 Å². The topological polar surface area (TPSA) is 6.25 Å². The molecule has 0 saturated heterocycles. The van der Waals surface area contributed by atoms with E-state index in [1.807, 2.05) is 0 Å². The van der Waals surface area contributed by atoms with Crippen LogP contribution < -0.4 is 4.90 Å². The Balaban J connectivity index is 1.31. The second-order valence-electron chi connectivity index (χ2n) is 15.1. The summed E-state index contributed by atoms with van der Waals surface area (Å²) in [5.41, 5.74) is 11.3. The minimum absolute atomic E-state index is 0.236. The lowest BCUT2D eigenvalue weighted by atomic mass is 9.70. The number of anilines is 1. The second-order valence-corrected chi connectivity index (χ2v) is 15.5. The van der Waals surface area contributed by atoms with E-state index in [0.717, 1.165) is 43.7 Å². The standard InChI is InChI=1S/C50H48ClN2/c1-4-5-32-53-44-31-29-41(51)33-43(44)50(35-38-20-11-7-12-21-38,36-39-22-13-8-14-23-39)47(53)27-17-26-46-49(2,34-37-18-9-6-10-19-37)48-42-25-16-15-24-40(42)28-30-45(48)52(46)3/h6-31,33H,4-5,32,34-36H2,1-3H3/q+1. The zero-order valence-electron chi connectivity index (χ0n) is 31.1. The molecule has 1 atom stereocenters. The maximum atomic E-state index is 6.89. The molecule has 0 saturated carbocycles. The summed E-state index contributed by atoms with van der Waals surface area (Å²) in [5, 5.41) is 3.40. The minimum atomic E-state index is -0.320. The molecule has 2 nitrogen and oxygen atoms in total. The second kappa shape index (κ2) is 14.7. The minimum Gasteiger partial charge on any atom is -0.344 e. The molecule has 2 aliphatic rings. The molecule has 0 bridgehead atoms. The first-order valence-corrected chi connectivity index (χ1v) is 19.5. The van der Waals surface area contributed by atoms with Crippen molar-refractivity contribution >= 4 is 39.5 Å². The average molecular weight is 712 g/mol. The highest BCUT2D eigenvalue weighted by atomic mass is 35.5. The van der Waals surface area contributed by atoms with Gasteiger partial charge in [0, 0.05) is 46.1 Å². The van der Waals surface area contributed by atoms with Crippen molar-refractivity contribution in [1.82, 2.24) is 0 Å². The largest absolute Gasteiger partial charge is 0.344 e. The van der Waals surface area contributed by atoms with Crippen LogP contribution in [-0.2, 0) is 30.1 Å². The number of halogens is 1. The zero-order valence-corrected chi connectivity index (χ0v) is 31.9. The molecule has 0 aromatic heterocycles. The molecule has 3 heteroatoms. The van der Waals surface area contributed by atoms with Crippen LogP contribution in [0.15, 0.2) is 170 Å². The monoisotopic (exact) mass is 711 g/mol. The summed E-state index contributed by atoms with van der Waals surface area (Å²) in [7, 11) is 2.24. The third-order valence-corrected chi connectivity index (χ3v) is 11.9. The van der Waals surface area contributed by atoms with E-state index in [-0.39, 0.29) is 10.8 Å². The lowest BCUT2D eigenvalue weighted by molar-refractivity contribution is -0.401. The van der Waals surface area contributed by atoms with E-state index in [1.165, 1.54) is 61.4 Å². The van der Waals surface area contributed by atoms with E-state index >= 15 is 0 Å². The van der Waals surface area contributed by atoms with E-state index in [0.29, 0.717) is 0 Å². The van der Waals surface area contributed by atoms with Gasteiger partial charge in [-0.2, -0.15) is 4.58 Å². The number of hydrogen-bond donors (Lipinski definition) is 0. The van der Waals surface area contributed by atoms with Crippen molar-refractivity contribution < 1.29 is 4.58 Å². The van der Waals surface area contributed by atoms with Crippen LogP contribution in [0.25, 0.3) is 10.8 Å². The van der Waals surface area contributed by atoms with E-state index in [4.69, 9.17) is 11.6 Å². The first-order chi connectivity index (χ1) is 25.9. The number of unbranched alkanes of at least 4 members (excludes halogenated alkanes) is 1. The number of rotatable bonds is 11. The maximum Gasteiger partial charge on any atom is 0.210 e. The van der Waals surface area contributed by atoms with Crippen LogP contribution in [0.2, 0.25) is 5.02 Å². The zero-order chi connectivity index (χ0) is 36.4. The molecule has 2 heterocycles.